The van der Waals surface area contributed by atoms with Gasteiger partial charge in [-0.3, -0.25) is 0 Å². The van der Waals surface area contributed by atoms with Crippen LogP contribution < -0.4 is 0 Å². The van der Waals surface area contributed by atoms with Crippen LogP contribution in [0.3, 0.4) is 0 Å². The van der Waals surface area contributed by atoms with E-state index in [0.717, 1.165) is 0 Å². The molecule has 0 saturated carbocycles. The standard InChI is InChI=1S/C16H16O4/c1-10-6-3-4-9-16(10,2)12-8-5-7-11(14(17)18)13(12)15(19)20/h3-10H,1-2H3,(H,17,18)(H,19,20). The van der Waals surface area contributed by atoms with E-state index in [1.165, 1.54) is 6.07 Å². The smallest absolute Gasteiger partial charge is 0.336 e. The zero-order valence-corrected chi connectivity index (χ0v) is 11.3. The Labute approximate surface area is 117 Å². The van der Waals surface area contributed by atoms with Crippen LogP contribution in [0.2, 0.25) is 0 Å². The second kappa shape index (κ2) is 4.96. The molecule has 0 aliphatic heterocycles. The van der Waals surface area contributed by atoms with Crippen LogP contribution in [0, 0.1) is 5.92 Å². The van der Waals surface area contributed by atoms with Gasteiger partial charge in [0, 0.05) is 5.41 Å². The second-order valence-electron chi connectivity index (χ2n) is 5.15. The normalized spacial score (nSPS) is 24.6. The van der Waals surface area contributed by atoms with Crippen LogP contribution in [0.15, 0.2) is 42.5 Å². The lowest BCUT2D eigenvalue weighted by atomic mass is 9.68. The Kier molecular flexibility index (Phi) is 3.49. The maximum absolute atomic E-state index is 11.5. The first-order chi connectivity index (χ1) is 9.38. The van der Waals surface area contributed by atoms with E-state index in [4.69, 9.17) is 0 Å². The molecule has 2 unspecified atom stereocenters. The first-order valence-electron chi connectivity index (χ1n) is 6.34. The van der Waals surface area contributed by atoms with E-state index < -0.39 is 17.4 Å². The lowest BCUT2D eigenvalue weighted by Gasteiger charge is -2.35. The Morgan fingerprint density at radius 3 is 2.40 bits per heavy atom. The summed E-state index contributed by atoms with van der Waals surface area (Å²) >= 11 is 0. The van der Waals surface area contributed by atoms with E-state index in [9.17, 15) is 19.8 Å². The Morgan fingerprint density at radius 2 is 1.85 bits per heavy atom. The number of hydrogen-bond acceptors (Lipinski definition) is 2. The van der Waals surface area contributed by atoms with Crippen LogP contribution in [-0.2, 0) is 5.41 Å². The number of carboxylic acids is 2. The van der Waals surface area contributed by atoms with Crippen molar-refractivity contribution in [3.05, 3.63) is 59.2 Å². The van der Waals surface area contributed by atoms with Crippen molar-refractivity contribution in [3.8, 4) is 0 Å². The molecule has 4 heteroatoms. The topological polar surface area (TPSA) is 74.6 Å². The number of benzene rings is 1. The van der Waals surface area contributed by atoms with E-state index in [-0.39, 0.29) is 17.0 Å². The lowest BCUT2D eigenvalue weighted by Crippen LogP contribution is -2.31. The molecule has 2 N–H and O–H groups in total. The molecule has 1 aliphatic rings. The summed E-state index contributed by atoms with van der Waals surface area (Å²) in [6, 6.07) is 4.61. The highest BCUT2D eigenvalue weighted by atomic mass is 16.4. The highest BCUT2D eigenvalue weighted by molar-refractivity contribution is 6.03. The zero-order valence-electron chi connectivity index (χ0n) is 11.3. The summed E-state index contributed by atoms with van der Waals surface area (Å²) in [4.78, 5) is 22.8. The van der Waals surface area contributed by atoms with E-state index >= 15 is 0 Å². The van der Waals surface area contributed by atoms with Crippen LogP contribution >= 0.6 is 0 Å². The predicted octanol–water partition coefficient (Wildman–Crippen LogP) is 3.10. The molecule has 0 spiro atoms. The molecule has 0 fully saturated rings. The van der Waals surface area contributed by atoms with E-state index in [1.54, 1.807) is 12.1 Å². The van der Waals surface area contributed by atoms with Gasteiger partial charge in [0.2, 0.25) is 0 Å². The number of rotatable bonds is 3. The maximum Gasteiger partial charge on any atom is 0.336 e. The fraction of sp³-hybridized carbons (Fsp3) is 0.250. The summed E-state index contributed by atoms with van der Waals surface area (Å²) in [6.07, 6.45) is 7.68. The van der Waals surface area contributed by atoms with E-state index in [1.807, 2.05) is 38.2 Å². The van der Waals surface area contributed by atoms with Gasteiger partial charge in [-0.25, -0.2) is 9.59 Å². The minimum Gasteiger partial charge on any atom is -0.478 e. The third-order valence-electron chi connectivity index (χ3n) is 3.99. The summed E-state index contributed by atoms with van der Waals surface area (Å²) < 4.78 is 0. The van der Waals surface area contributed by atoms with Crippen molar-refractivity contribution in [2.75, 3.05) is 0 Å². The molecule has 104 valence electrons. The summed E-state index contributed by atoms with van der Waals surface area (Å²) in [5.41, 5.74) is -0.313. The van der Waals surface area contributed by atoms with Gasteiger partial charge in [-0.15, -0.1) is 0 Å². The van der Waals surface area contributed by atoms with Crippen LogP contribution in [-0.4, -0.2) is 22.2 Å². The molecule has 4 nitrogen and oxygen atoms in total. The monoisotopic (exact) mass is 272 g/mol. The Morgan fingerprint density at radius 1 is 1.15 bits per heavy atom. The van der Waals surface area contributed by atoms with Crippen LogP contribution in [0.4, 0.5) is 0 Å². The molecule has 1 aliphatic carbocycles. The number of aromatic carboxylic acids is 2. The van der Waals surface area contributed by atoms with Crippen molar-refractivity contribution in [3.63, 3.8) is 0 Å². The SMILES string of the molecule is CC1C=CC=CC1(C)c1cccc(C(=O)O)c1C(=O)O. The second-order valence-corrected chi connectivity index (χ2v) is 5.15. The minimum atomic E-state index is -1.23. The number of hydrogen-bond donors (Lipinski definition) is 2. The molecule has 0 radical (unpaired) electrons. The van der Waals surface area contributed by atoms with Crippen LogP contribution in [0.1, 0.15) is 40.1 Å². The molecule has 0 amide bonds. The molecule has 0 saturated heterocycles. The predicted molar refractivity (Wildman–Crippen MR) is 75.2 cm³/mol. The van der Waals surface area contributed by atoms with Gasteiger partial charge in [0.05, 0.1) is 11.1 Å². The molecule has 0 heterocycles. The molecule has 1 aromatic carbocycles. The fourth-order valence-corrected chi connectivity index (χ4v) is 2.58. The first kappa shape index (κ1) is 14.1. The van der Waals surface area contributed by atoms with Gasteiger partial charge in [-0.1, -0.05) is 50.3 Å². The van der Waals surface area contributed by atoms with Gasteiger partial charge in [-0.05, 0) is 17.5 Å². The lowest BCUT2D eigenvalue weighted by molar-refractivity contribution is 0.0649. The van der Waals surface area contributed by atoms with Gasteiger partial charge in [0.1, 0.15) is 0 Å². The molecular formula is C16H16O4. The van der Waals surface area contributed by atoms with E-state index in [0.29, 0.717) is 5.56 Å². The summed E-state index contributed by atoms with van der Waals surface area (Å²) in [5, 5.41) is 18.6. The molecular weight excluding hydrogens is 256 g/mol. The summed E-state index contributed by atoms with van der Waals surface area (Å²) in [5.74, 6) is -2.36. The van der Waals surface area contributed by atoms with Gasteiger partial charge < -0.3 is 10.2 Å². The van der Waals surface area contributed by atoms with Crippen molar-refractivity contribution in [1.29, 1.82) is 0 Å². The van der Waals surface area contributed by atoms with Gasteiger partial charge in [-0.2, -0.15) is 0 Å². The molecule has 2 rings (SSSR count). The third kappa shape index (κ3) is 2.13. The minimum absolute atomic E-state index is 0.0784. The van der Waals surface area contributed by atoms with Gasteiger partial charge >= 0.3 is 11.9 Å². The van der Waals surface area contributed by atoms with Gasteiger partial charge in [0.15, 0.2) is 0 Å². The van der Waals surface area contributed by atoms with Crippen molar-refractivity contribution in [2.45, 2.75) is 19.3 Å². The average Bonchev–Trinajstić information content (AvgIpc) is 2.41. The molecule has 20 heavy (non-hydrogen) atoms. The first-order valence-corrected chi connectivity index (χ1v) is 6.34. The number of allylic oxidation sites excluding steroid dienone is 4. The van der Waals surface area contributed by atoms with Crippen molar-refractivity contribution < 1.29 is 19.8 Å². The Hall–Kier alpha value is -2.36. The van der Waals surface area contributed by atoms with Crippen molar-refractivity contribution >= 4 is 11.9 Å². The number of carboxylic acid groups (broad SMARTS) is 2. The molecule has 2 atom stereocenters. The molecule has 1 aromatic rings. The average molecular weight is 272 g/mol. The number of carbonyl (C=O) groups is 2. The highest BCUT2D eigenvalue weighted by Crippen LogP contribution is 2.39. The van der Waals surface area contributed by atoms with E-state index in [2.05, 4.69) is 0 Å². The fourth-order valence-electron chi connectivity index (χ4n) is 2.58. The maximum atomic E-state index is 11.5. The summed E-state index contributed by atoms with van der Waals surface area (Å²) in [7, 11) is 0. The van der Waals surface area contributed by atoms with Crippen molar-refractivity contribution in [2.24, 2.45) is 5.92 Å². The summed E-state index contributed by atoms with van der Waals surface area (Å²) in [6.45, 7) is 3.91. The zero-order chi connectivity index (χ0) is 14.9. The van der Waals surface area contributed by atoms with Crippen LogP contribution in [0.25, 0.3) is 0 Å². The third-order valence-corrected chi connectivity index (χ3v) is 3.99. The Balaban J connectivity index is 2.72. The van der Waals surface area contributed by atoms with Crippen molar-refractivity contribution in [1.82, 2.24) is 0 Å². The quantitative estimate of drug-likeness (QED) is 0.886. The molecule has 0 bridgehead atoms. The van der Waals surface area contributed by atoms with Crippen LogP contribution in [0.5, 0.6) is 0 Å². The largest absolute Gasteiger partial charge is 0.478 e. The Bertz CT molecular complexity index is 627. The highest BCUT2D eigenvalue weighted by Gasteiger charge is 2.35. The molecule has 0 aromatic heterocycles. The van der Waals surface area contributed by atoms with Gasteiger partial charge in [0.25, 0.3) is 0 Å².